The Hall–Kier alpha value is -1.09. The van der Waals surface area contributed by atoms with Crippen LogP contribution >= 0.6 is 0 Å². The highest BCUT2D eigenvalue weighted by atomic mass is 16.5. The minimum Gasteiger partial charge on any atom is -0.487 e. The van der Waals surface area contributed by atoms with Crippen molar-refractivity contribution in [2.45, 2.75) is 38.3 Å². The SMILES string of the molecule is CN[C@@H]1CCC[C@H]1Oc1ccc(C)nc1. The Morgan fingerprint density at radius 1 is 1.40 bits per heavy atom. The average Bonchev–Trinajstić information content (AvgIpc) is 2.69. The molecule has 15 heavy (non-hydrogen) atoms. The van der Waals surface area contributed by atoms with E-state index in [0.29, 0.717) is 12.1 Å². The van der Waals surface area contributed by atoms with Crippen molar-refractivity contribution in [2.24, 2.45) is 0 Å². The number of likely N-dealkylation sites (N-methyl/N-ethyl adjacent to an activating group) is 1. The molecule has 1 aromatic heterocycles. The van der Waals surface area contributed by atoms with Crippen LogP contribution in [-0.2, 0) is 0 Å². The predicted molar refractivity (Wildman–Crippen MR) is 60.1 cm³/mol. The molecule has 82 valence electrons. The molecule has 0 aromatic carbocycles. The zero-order valence-corrected chi connectivity index (χ0v) is 9.36. The molecule has 0 bridgehead atoms. The van der Waals surface area contributed by atoms with Gasteiger partial charge in [-0.2, -0.15) is 0 Å². The van der Waals surface area contributed by atoms with Crippen molar-refractivity contribution in [3.63, 3.8) is 0 Å². The van der Waals surface area contributed by atoms with Gasteiger partial charge in [0.1, 0.15) is 11.9 Å². The molecule has 0 saturated heterocycles. The molecule has 1 aliphatic carbocycles. The first-order chi connectivity index (χ1) is 7.29. The number of pyridine rings is 1. The van der Waals surface area contributed by atoms with Gasteiger partial charge in [-0.3, -0.25) is 4.98 Å². The second kappa shape index (κ2) is 4.62. The molecule has 1 N–H and O–H groups in total. The summed E-state index contributed by atoms with van der Waals surface area (Å²) >= 11 is 0. The van der Waals surface area contributed by atoms with E-state index in [0.717, 1.165) is 17.9 Å². The summed E-state index contributed by atoms with van der Waals surface area (Å²) in [6.45, 7) is 1.98. The van der Waals surface area contributed by atoms with Gasteiger partial charge in [0.15, 0.2) is 0 Å². The van der Waals surface area contributed by atoms with Crippen molar-refractivity contribution in [3.8, 4) is 5.75 Å². The third-order valence-corrected chi connectivity index (χ3v) is 3.00. The molecule has 0 aliphatic heterocycles. The Morgan fingerprint density at radius 2 is 2.27 bits per heavy atom. The highest BCUT2D eigenvalue weighted by molar-refractivity contribution is 5.19. The van der Waals surface area contributed by atoms with Crippen molar-refractivity contribution >= 4 is 0 Å². The molecule has 1 saturated carbocycles. The number of ether oxygens (including phenoxy) is 1. The highest BCUT2D eigenvalue weighted by Crippen LogP contribution is 2.24. The van der Waals surface area contributed by atoms with E-state index in [1.54, 1.807) is 6.20 Å². The molecule has 3 heteroatoms. The van der Waals surface area contributed by atoms with Crippen LogP contribution in [0.5, 0.6) is 5.75 Å². The van der Waals surface area contributed by atoms with E-state index >= 15 is 0 Å². The van der Waals surface area contributed by atoms with Crippen LogP contribution in [0.1, 0.15) is 25.0 Å². The van der Waals surface area contributed by atoms with Gasteiger partial charge in [0, 0.05) is 11.7 Å². The van der Waals surface area contributed by atoms with E-state index in [2.05, 4.69) is 10.3 Å². The fourth-order valence-electron chi connectivity index (χ4n) is 2.10. The Morgan fingerprint density at radius 3 is 2.93 bits per heavy atom. The van der Waals surface area contributed by atoms with E-state index in [1.165, 1.54) is 12.8 Å². The van der Waals surface area contributed by atoms with Gasteiger partial charge in [-0.1, -0.05) is 0 Å². The first-order valence-corrected chi connectivity index (χ1v) is 5.56. The lowest BCUT2D eigenvalue weighted by molar-refractivity contribution is 0.178. The lowest BCUT2D eigenvalue weighted by Gasteiger charge is -2.20. The van der Waals surface area contributed by atoms with E-state index in [4.69, 9.17) is 4.74 Å². The molecule has 0 radical (unpaired) electrons. The zero-order valence-electron chi connectivity index (χ0n) is 9.36. The van der Waals surface area contributed by atoms with E-state index in [9.17, 15) is 0 Å². The maximum atomic E-state index is 5.91. The molecule has 3 nitrogen and oxygen atoms in total. The van der Waals surface area contributed by atoms with Crippen LogP contribution in [0.3, 0.4) is 0 Å². The van der Waals surface area contributed by atoms with Gasteiger partial charge in [0.05, 0.1) is 6.20 Å². The van der Waals surface area contributed by atoms with Crippen molar-refractivity contribution in [1.29, 1.82) is 0 Å². The van der Waals surface area contributed by atoms with Crippen LogP contribution in [-0.4, -0.2) is 24.2 Å². The Bertz CT molecular complexity index is 310. The minimum absolute atomic E-state index is 0.305. The summed E-state index contributed by atoms with van der Waals surface area (Å²) in [5, 5.41) is 3.30. The van der Waals surface area contributed by atoms with Gasteiger partial charge in [-0.15, -0.1) is 0 Å². The maximum Gasteiger partial charge on any atom is 0.138 e. The lowest BCUT2D eigenvalue weighted by Crippen LogP contribution is -2.36. The molecule has 0 unspecified atom stereocenters. The van der Waals surface area contributed by atoms with Crippen molar-refractivity contribution in [3.05, 3.63) is 24.0 Å². The maximum absolute atomic E-state index is 5.91. The van der Waals surface area contributed by atoms with E-state index < -0.39 is 0 Å². The van der Waals surface area contributed by atoms with Crippen LogP contribution in [0.4, 0.5) is 0 Å². The molecule has 1 aliphatic rings. The van der Waals surface area contributed by atoms with E-state index in [1.807, 2.05) is 26.1 Å². The Labute approximate surface area is 90.9 Å². The number of nitrogens with one attached hydrogen (secondary N) is 1. The summed E-state index contributed by atoms with van der Waals surface area (Å²) in [6, 6.07) is 4.47. The summed E-state index contributed by atoms with van der Waals surface area (Å²) in [5.74, 6) is 0.882. The summed E-state index contributed by atoms with van der Waals surface area (Å²) in [7, 11) is 2.00. The predicted octanol–water partition coefficient (Wildman–Crippen LogP) is 1.91. The molecule has 1 heterocycles. The standard InChI is InChI=1S/C12H18N2O/c1-9-6-7-10(8-14-9)15-12-5-3-4-11(12)13-2/h6-8,11-13H,3-5H2,1-2H3/t11-,12-/m1/s1. The fourth-order valence-corrected chi connectivity index (χ4v) is 2.10. The number of hydrogen-bond donors (Lipinski definition) is 1. The van der Waals surface area contributed by atoms with Crippen molar-refractivity contribution in [1.82, 2.24) is 10.3 Å². The second-order valence-corrected chi connectivity index (χ2v) is 4.12. The number of aromatic nitrogens is 1. The second-order valence-electron chi connectivity index (χ2n) is 4.12. The molecule has 0 spiro atoms. The first kappa shape index (κ1) is 10.4. The molecule has 2 atom stereocenters. The molecule has 0 amide bonds. The zero-order chi connectivity index (χ0) is 10.7. The third kappa shape index (κ3) is 2.48. The van der Waals surface area contributed by atoms with Crippen LogP contribution in [0.15, 0.2) is 18.3 Å². The molecular weight excluding hydrogens is 188 g/mol. The number of hydrogen-bond acceptors (Lipinski definition) is 3. The summed E-state index contributed by atoms with van der Waals surface area (Å²) in [5.41, 5.74) is 1.03. The number of nitrogens with zero attached hydrogens (tertiary/aromatic N) is 1. The molecular formula is C12H18N2O. The highest BCUT2D eigenvalue weighted by Gasteiger charge is 2.27. The van der Waals surface area contributed by atoms with Crippen LogP contribution in [0.2, 0.25) is 0 Å². The fraction of sp³-hybridized carbons (Fsp3) is 0.583. The number of aryl methyl sites for hydroxylation is 1. The monoisotopic (exact) mass is 206 g/mol. The van der Waals surface area contributed by atoms with Crippen molar-refractivity contribution in [2.75, 3.05) is 7.05 Å². The number of rotatable bonds is 3. The smallest absolute Gasteiger partial charge is 0.138 e. The Balaban J connectivity index is 1.99. The largest absolute Gasteiger partial charge is 0.487 e. The summed E-state index contributed by atoms with van der Waals surface area (Å²) < 4.78 is 5.91. The average molecular weight is 206 g/mol. The van der Waals surface area contributed by atoms with Crippen LogP contribution in [0.25, 0.3) is 0 Å². The summed E-state index contributed by atoms with van der Waals surface area (Å²) in [6.07, 6.45) is 5.70. The summed E-state index contributed by atoms with van der Waals surface area (Å²) in [4.78, 5) is 4.23. The van der Waals surface area contributed by atoms with Gasteiger partial charge in [-0.25, -0.2) is 0 Å². The van der Waals surface area contributed by atoms with Gasteiger partial charge < -0.3 is 10.1 Å². The first-order valence-electron chi connectivity index (χ1n) is 5.56. The van der Waals surface area contributed by atoms with Gasteiger partial charge in [-0.05, 0) is 45.4 Å². The minimum atomic E-state index is 0.305. The van der Waals surface area contributed by atoms with E-state index in [-0.39, 0.29) is 0 Å². The van der Waals surface area contributed by atoms with Crippen LogP contribution in [0, 0.1) is 6.92 Å². The van der Waals surface area contributed by atoms with Crippen molar-refractivity contribution < 1.29 is 4.74 Å². The van der Waals surface area contributed by atoms with Gasteiger partial charge in [0.2, 0.25) is 0 Å². The van der Waals surface area contributed by atoms with Crippen LogP contribution < -0.4 is 10.1 Å². The quantitative estimate of drug-likeness (QED) is 0.820. The van der Waals surface area contributed by atoms with Gasteiger partial charge >= 0.3 is 0 Å². The normalized spacial score (nSPS) is 25.5. The van der Waals surface area contributed by atoms with Gasteiger partial charge in [0.25, 0.3) is 0 Å². The Kier molecular flexibility index (Phi) is 3.21. The molecule has 2 rings (SSSR count). The molecule has 1 fully saturated rings. The third-order valence-electron chi connectivity index (χ3n) is 3.00. The molecule has 1 aromatic rings. The lowest BCUT2D eigenvalue weighted by atomic mass is 10.2. The topological polar surface area (TPSA) is 34.1 Å².